The summed E-state index contributed by atoms with van der Waals surface area (Å²) < 4.78 is 5.22. The lowest BCUT2D eigenvalue weighted by atomic mass is 10.0. The summed E-state index contributed by atoms with van der Waals surface area (Å²) in [4.78, 5) is 51.2. The quantitative estimate of drug-likeness (QED) is 0.458. The van der Waals surface area contributed by atoms with Crippen molar-refractivity contribution in [3.05, 3.63) is 93.0 Å². The number of aliphatic carboxylic acids is 1. The molecule has 1 aliphatic heterocycles. The van der Waals surface area contributed by atoms with Gasteiger partial charge in [0.2, 0.25) is 0 Å². The number of fused-ring (bicyclic) bond motifs is 1. The lowest BCUT2D eigenvalue weighted by molar-refractivity contribution is -0.139. The molecule has 1 heterocycles. The third kappa shape index (κ3) is 4.58. The second-order valence-corrected chi connectivity index (χ2v) is 8.47. The molecule has 1 aliphatic rings. The molecule has 10 heteroatoms. The van der Waals surface area contributed by atoms with Crippen LogP contribution in [-0.4, -0.2) is 41.9 Å². The molecule has 0 saturated carbocycles. The lowest BCUT2D eigenvalue weighted by Crippen LogP contribution is -2.42. The van der Waals surface area contributed by atoms with E-state index in [1.807, 2.05) is 0 Å². The van der Waals surface area contributed by atoms with Crippen molar-refractivity contribution >= 4 is 52.6 Å². The maximum atomic E-state index is 12.9. The average molecular weight is 513 g/mol. The first-order valence-electron chi connectivity index (χ1n) is 10.3. The van der Waals surface area contributed by atoms with Crippen LogP contribution in [0, 0.1) is 0 Å². The summed E-state index contributed by atoms with van der Waals surface area (Å²) in [5, 5.41) is 12.3. The third-order valence-electron chi connectivity index (χ3n) is 5.52. The van der Waals surface area contributed by atoms with Gasteiger partial charge in [-0.3, -0.25) is 14.4 Å². The lowest BCUT2D eigenvalue weighted by Gasteiger charge is -2.17. The zero-order valence-corrected chi connectivity index (χ0v) is 19.8. The van der Waals surface area contributed by atoms with Crippen molar-refractivity contribution in [2.24, 2.45) is 0 Å². The summed E-state index contributed by atoms with van der Waals surface area (Å²) in [6.45, 7) is 0. The fraction of sp³-hybridized carbons (Fsp3) is 0.120. The molecule has 0 fully saturated rings. The van der Waals surface area contributed by atoms with Crippen molar-refractivity contribution in [3.8, 4) is 5.75 Å². The van der Waals surface area contributed by atoms with Gasteiger partial charge in [0.1, 0.15) is 11.8 Å². The van der Waals surface area contributed by atoms with E-state index in [0.717, 1.165) is 4.90 Å². The molecular weight excluding hydrogens is 495 g/mol. The zero-order valence-electron chi connectivity index (χ0n) is 18.2. The van der Waals surface area contributed by atoms with Gasteiger partial charge in [0.05, 0.1) is 39.5 Å². The molecule has 2 N–H and O–H groups in total. The van der Waals surface area contributed by atoms with Crippen molar-refractivity contribution in [1.82, 2.24) is 5.32 Å². The third-order valence-corrected chi connectivity index (χ3v) is 6.15. The maximum Gasteiger partial charge on any atom is 0.326 e. The molecule has 35 heavy (non-hydrogen) atoms. The van der Waals surface area contributed by atoms with Gasteiger partial charge in [-0.2, -0.15) is 0 Å². The predicted molar refractivity (Wildman–Crippen MR) is 130 cm³/mol. The molecular formula is C25H18Cl2N2O6. The van der Waals surface area contributed by atoms with Crippen molar-refractivity contribution in [1.29, 1.82) is 0 Å². The number of hydrogen-bond acceptors (Lipinski definition) is 5. The second kappa shape index (κ2) is 9.77. The van der Waals surface area contributed by atoms with Crippen molar-refractivity contribution in [2.45, 2.75) is 12.5 Å². The van der Waals surface area contributed by atoms with E-state index in [9.17, 15) is 24.3 Å². The predicted octanol–water partition coefficient (Wildman–Crippen LogP) is 4.23. The number of hydrogen-bond donors (Lipinski definition) is 2. The number of imide groups is 1. The number of nitrogens with one attached hydrogen (secondary N) is 1. The van der Waals surface area contributed by atoms with Gasteiger partial charge in [0.25, 0.3) is 17.7 Å². The largest absolute Gasteiger partial charge is 0.496 e. The molecule has 0 aromatic heterocycles. The van der Waals surface area contributed by atoms with Crippen LogP contribution in [0.2, 0.25) is 10.0 Å². The number of methoxy groups -OCH3 is 1. The van der Waals surface area contributed by atoms with Crippen LogP contribution in [0.1, 0.15) is 36.6 Å². The number of anilines is 1. The van der Waals surface area contributed by atoms with E-state index in [0.29, 0.717) is 17.0 Å². The normalized spacial score (nSPS) is 13.4. The van der Waals surface area contributed by atoms with E-state index in [2.05, 4.69) is 5.32 Å². The van der Waals surface area contributed by atoms with E-state index in [1.54, 1.807) is 36.4 Å². The molecule has 0 spiro atoms. The van der Waals surface area contributed by atoms with Gasteiger partial charge < -0.3 is 15.2 Å². The summed E-state index contributed by atoms with van der Waals surface area (Å²) in [6, 6.07) is 14.3. The number of carbonyl (C=O) groups is 4. The van der Waals surface area contributed by atoms with Gasteiger partial charge in [-0.05, 0) is 42.0 Å². The zero-order chi connectivity index (χ0) is 25.3. The minimum atomic E-state index is -1.27. The van der Waals surface area contributed by atoms with Crippen LogP contribution in [0.3, 0.4) is 0 Å². The summed E-state index contributed by atoms with van der Waals surface area (Å²) >= 11 is 12.1. The molecule has 178 valence electrons. The Balaban J connectivity index is 1.52. The Morgan fingerprint density at radius 1 is 0.971 bits per heavy atom. The summed E-state index contributed by atoms with van der Waals surface area (Å²) in [6.07, 6.45) is -0.0562. The Bertz CT molecular complexity index is 1340. The van der Waals surface area contributed by atoms with E-state index in [-0.39, 0.29) is 33.2 Å². The number of carbonyl (C=O) groups excluding carboxylic acids is 3. The molecule has 8 nitrogen and oxygen atoms in total. The number of amides is 3. The topological polar surface area (TPSA) is 113 Å². The summed E-state index contributed by atoms with van der Waals surface area (Å²) in [7, 11) is 1.42. The highest BCUT2D eigenvalue weighted by atomic mass is 35.5. The van der Waals surface area contributed by atoms with Gasteiger partial charge >= 0.3 is 5.97 Å². The standard InChI is InChI=1S/C25H18Cl2N2O6/c1-35-19-7-2-4-15-20(19)24(32)29(23(15)31)14-10-8-13(9-11-14)12-18(25(33)34)28-22(30)21-16(26)5-3-6-17(21)27/h2-11,18H,12H2,1H3,(H,28,30)(H,33,34)/t18-/m0/s1. The van der Waals surface area contributed by atoms with E-state index in [1.165, 1.54) is 31.4 Å². The molecule has 0 aliphatic carbocycles. The highest BCUT2D eigenvalue weighted by Gasteiger charge is 2.39. The summed E-state index contributed by atoms with van der Waals surface area (Å²) in [5.74, 6) is -2.66. The monoisotopic (exact) mass is 512 g/mol. The van der Waals surface area contributed by atoms with Crippen LogP contribution in [0.25, 0.3) is 0 Å². The molecule has 3 aromatic carbocycles. The number of nitrogens with zero attached hydrogens (tertiary/aromatic N) is 1. The first-order valence-corrected chi connectivity index (χ1v) is 11.1. The van der Waals surface area contributed by atoms with Gasteiger partial charge in [0.15, 0.2) is 0 Å². The number of halogens is 2. The van der Waals surface area contributed by atoms with Crippen LogP contribution in [0.15, 0.2) is 60.7 Å². The minimum Gasteiger partial charge on any atom is -0.496 e. The van der Waals surface area contributed by atoms with Crippen molar-refractivity contribution < 1.29 is 29.0 Å². The Hall–Kier alpha value is -3.88. The molecule has 0 bridgehead atoms. The molecule has 1 atom stereocenters. The number of benzene rings is 3. The van der Waals surface area contributed by atoms with Gasteiger partial charge in [-0.15, -0.1) is 0 Å². The Labute approximate surface area is 210 Å². The number of carboxylic acid groups (broad SMARTS) is 1. The van der Waals surface area contributed by atoms with Crippen LogP contribution >= 0.6 is 23.2 Å². The first-order chi connectivity index (χ1) is 16.7. The number of carboxylic acids is 1. The minimum absolute atomic E-state index is 0.0153. The Kier molecular flexibility index (Phi) is 6.77. The number of rotatable bonds is 7. The maximum absolute atomic E-state index is 12.9. The summed E-state index contributed by atoms with van der Waals surface area (Å²) in [5.41, 5.74) is 1.29. The van der Waals surface area contributed by atoms with Crippen molar-refractivity contribution in [3.63, 3.8) is 0 Å². The van der Waals surface area contributed by atoms with E-state index in [4.69, 9.17) is 27.9 Å². The van der Waals surface area contributed by atoms with Gasteiger partial charge in [0, 0.05) is 6.42 Å². The van der Waals surface area contributed by atoms with Crippen LogP contribution < -0.4 is 15.0 Å². The van der Waals surface area contributed by atoms with Crippen LogP contribution in [0.4, 0.5) is 5.69 Å². The number of ether oxygens (including phenoxy) is 1. The van der Waals surface area contributed by atoms with E-state index < -0.39 is 29.7 Å². The molecule has 3 aromatic rings. The Morgan fingerprint density at radius 3 is 2.20 bits per heavy atom. The van der Waals surface area contributed by atoms with Crippen LogP contribution in [0.5, 0.6) is 5.75 Å². The van der Waals surface area contributed by atoms with Gasteiger partial charge in [-0.1, -0.05) is 47.5 Å². The van der Waals surface area contributed by atoms with E-state index >= 15 is 0 Å². The van der Waals surface area contributed by atoms with Gasteiger partial charge in [-0.25, -0.2) is 9.69 Å². The smallest absolute Gasteiger partial charge is 0.326 e. The first kappa shape index (κ1) is 24.3. The molecule has 3 amide bonds. The highest BCUT2D eigenvalue weighted by molar-refractivity contribution is 6.39. The molecule has 0 saturated heterocycles. The second-order valence-electron chi connectivity index (χ2n) is 7.66. The van der Waals surface area contributed by atoms with Crippen molar-refractivity contribution in [2.75, 3.05) is 12.0 Å². The van der Waals surface area contributed by atoms with Crippen LogP contribution in [-0.2, 0) is 11.2 Å². The fourth-order valence-corrected chi connectivity index (χ4v) is 4.39. The fourth-order valence-electron chi connectivity index (χ4n) is 3.82. The molecule has 0 unspecified atom stereocenters. The molecule has 4 rings (SSSR count). The average Bonchev–Trinajstić information content (AvgIpc) is 3.09. The molecule has 0 radical (unpaired) electrons. The highest BCUT2D eigenvalue weighted by Crippen LogP contribution is 2.34. The SMILES string of the molecule is COc1cccc2c1C(=O)N(c1ccc(C[C@H](NC(=O)c3c(Cl)cccc3Cl)C(=O)O)cc1)C2=O. The Morgan fingerprint density at radius 2 is 1.60 bits per heavy atom.